The van der Waals surface area contributed by atoms with Crippen molar-refractivity contribution in [2.75, 3.05) is 9.80 Å². The molecule has 0 saturated carbocycles. The lowest BCUT2D eigenvalue weighted by atomic mass is 9.34. The summed E-state index contributed by atoms with van der Waals surface area (Å²) in [6.07, 6.45) is -0.230. The first kappa shape index (κ1) is 75.5. The number of hydrogen-bond acceptors (Lipinski definition) is 13. The fraction of sp³-hybridized carbons (Fsp3) is 0.0413. The predicted molar refractivity (Wildman–Crippen MR) is 550 cm³/mol. The second-order valence-electron chi connectivity index (χ2n) is 38.1. The Hall–Kier alpha value is -17.9. The smallest absolute Gasteiger partial charge is 0.270 e. The molecule has 0 fully saturated rings. The minimum absolute atomic E-state index is 0.0218. The Kier molecular flexibility index (Phi) is 15.0. The highest BCUT2D eigenvalue weighted by atomic mass is 16.5. The lowest BCUT2D eigenvalue weighted by molar-refractivity contribution is 0.234. The maximum absolute atomic E-state index is 6.95. The van der Waals surface area contributed by atoms with Gasteiger partial charge in [0.15, 0.2) is 12.0 Å². The van der Waals surface area contributed by atoms with Crippen LogP contribution >= 0.6 is 0 Å². The first-order chi connectivity index (χ1) is 68.7. The SMILES string of the molecule is CC1(C)c2ccccc2N(c2ccc(-c3cc4c5c(c3)Oc3cccc6c3B5c3c(cccc3O4)O6)cc2)c2ccccc21.c1cc2c3c(c1)Oc1cc(-c4ccc(-n5c6ccccc6c6ccccc65)cc4)cc4c1B3c1c(cccc1O4)O2.c1ccc2c(c1)OC1C2c2ccccc2N1c1cc2c3c(c1)Oc1ccc(-n4c5ccccc5c5c6ccccc6oc54)c4c1B3c1c(cccc1O4)O2. The topological polar surface area (TPSA) is 122 Å². The first-order valence-electron chi connectivity index (χ1n) is 47.4. The van der Waals surface area contributed by atoms with Crippen LogP contribution in [0, 0.1) is 0 Å². The second kappa shape index (κ2) is 27.7. The summed E-state index contributed by atoms with van der Waals surface area (Å²) in [5.41, 5.74) is 31.5. The second-order valence-corrected chi connectivity index (χ2v) is 38.1. The number of fused-ring (bicyclic) bond motifs is 15. The first-order valence-corrected chi connectivity index (χ1v) is 47.4. The van der Waals surface area contributed by atoms with Crippen LogP contribution in [0.15, 0.2) is 387 Å². The van der Waals surface area contributed by atoms with Crippen molar-refractivity contribution >= 4 is 153 Å². The summed E-state index contributed by atoms with van der Waals surface area (Å²) in [4.78, 5) is 4.69. The molecule has 12 aliphatic rings. The van der Waals surface area contributed by atoms with Crippen LogP contribution in [0.25, 0.3) is 88.4 Å². The molecule has 19 aromatic carbocycles. The molecular formula is C121H71B3N4O11. The summed E-state index contributed by atoms with van der Waals surface area (Å²) in [5, 5.41) is 5.83. The van der Waals surface area contributed by atoms with Gasteiger partial charge in [-0.25, -0.2) is 0 Å². The van der Waals surface area contributed by atoms with E-state index in [1.807, 2.05) is 109 Å². The molecule has 34 rings (SSSR count). The molecule has 22 aromatic rings. The van der Waals surface area contributed by atoms with Gasteiger partial charge in [0.1, 0.15) is 109 Å². The molecular weight excluding hydrogens is 1720 g/mol. The van der Waals surface area contributed by atoms with Gasteiger partial charge in [0.05, 0.1) is 50.6 Å². The van der Waals surface area contributed by atoms with E-state index in [2.05, 4.69) is 306 Å². The van der Waals surface area contributed by atoms with Crippen molar-refractivity contribution in [3.63, 3.8) is 0 Å². The molecule has 2 unspecified atom stereocenters. The highest BCUT2D eigenvalue weighted by Gasteiger charge is 2.54. The number of rotatable bonds is 6. The third-order valence-electron chi connectivity index (χ3n) is 30.6. The van der Waals surface area contributed by atoms with E-state index in [9.17, 15) is 0 Å². The van der Waals surface area contributed by atoms with Crippen LogP contribution in [0.4, 0.5) is 28.4 Å². The molecule has 0 aliphatic carbocycles. The fourth-order valence-corrected chi connectivity index (χ4v) is 24.7. The van der Waals surface area contributed by atoms with Crippen molar-refractivity contribution in [1.29, 1.82) is 0 Å². The van der Waals surface area contributed by atoms with Crippen LogP contribution < -0.4 is 106 Å². The molecule has 2 atom stereocenters. The molecule has 0 spiro atoms. The molecule has 15 nitrogen and oxygen atoms in total. The zero-order valence-electron chi connectivity index (χ0n) is 74.5. The third kappa shape index (κ3) is 10.4. The van der Waals surface area contributed by atoms with E-state index in [-0.39, 0.29) is 37.7 Å². The monoisotopic (exact) mass is 1790 g/mol. The Balaban J connectivity index is 0.0000000956. The van der Waals surface area contributed by atoms with Crippen LogP contribution in [-0.4, -0.2) is 35.5 Å². The summed E-state index contributed by atoms with van der Waals surface area (Å²) in [7, 11) is 0. The normalized spacial score (nSPS) is 15.5. The Morgan fingerprint density at radius 2 is 0.619 bits per heavy atom. The lowest BCUT2D eigenvalue weighted by Crippen LogP contribution is -2.59. The minimum atomic E-state index is -0.230. The standard InChI is InChI=1S/C46H25BN2O5.C39H26BNO3.C36H20BNO3/c1-5-14-29-25(10-1)39-27-12-3-7-16-32(27)53-45(39)48(29)24-22-37-42-38(23-24)51-36-21-20-31(44-43(36)47(42)41-34(50-37)18-9-19-35(41)52-44)49-30-15-6-2-11-26(30)40-28-13-4-8-17-33(28)54-46(40)49;1-39(2)26-9-3-5-11-28(26)41(29-12-6-4-10-27(29)39)25-19-17-23(18-20-25)24-21-34-38-35(22-24)44-33-16-8-14-31-37(33)40(38)36-30(42-31)13-7-15-32(36)43-34;1-3-9-26-24(7-1)25-8-2-4-10-27(25)38(26)23-17-15-21(16-18-23)22-19-32-36-33(20-22)41-31-14-6-12-29-35(31)37(36)34-28(39-29)11-5-13-30(34)40-32/h1-23,39,45H;3-22H,1-2H3;1-20H. The molecule has 0 bridgehead atoms. The summed E-state index contributed by atoms with van der Waals surface area (Å²) in [6.45, 7) is 4.52. The predicted octanol–water partition coefficient (Wildman–Crippen LogP) is 24.9. The van der Waals surface area contributed by atoms with Gasteiger partial charge >= 0.3 is 0 Å². The van der Waals surface area contributed by atoms with Crippen molar-refractivity contribution in [3.8, 4) is 143 Å². The molecule has 12 aliphatic heterocycles. The fourth-order valence-electron chi connectivity index (χ4n) is 24.7. The van der Waals surface area contributed by atoms with E-state index >= 15 is 0 Å². The van der Waals surface area contributed by atoms with Crippen LogP contribution in [0.1, 0.15) is 42.0 Å². The average molecular weight is 1790 g/mol. The van der Waals surface area contributed by atoms with Gasteiger partial charge in [-0.2, -0.15) is 0 Å². The zero-order valence-corrected chi connectivity index (χ0v) is 74.5. The van der Waals surface area contributed by atoms with Crippen molar-refractivity contribution in [1.82, 2.24) is 9.13 Å². The van der Waals surface area contributed by atoms with E-state index in [4.69, 9.17) is 51.8 Å². The van der Waals surface area contributed by atoms with E-state index in [1.54, 1.807) is 0 Å². The van der Waals surface area contributed by atoms with Gasteiger partial charge in [-0.15, -0.1) is 0 Å². The van der Waals surface area contributed by atoms with E-state index in [0.29, 0.717) is 0 Å². The van der Waals surface area contributed by atoms with Gasteiger partial charge in [-0.3, -0.25) is 4.57 Å². The van der Waals surface area contributed by atoms with Gasteiger partial charge in [0, 0.05) is 111 Å². The number of furan rings is 1. The Morgan fingerprint density at radius 3 is 1.12 bits per heavy atom. The quantitative estimate of drug-likeness (QED) is 0.147. The molecule has 139 heavy (non-hydrogen) atoms. The van der Waals surface area contributed by atoms with Crippen molar-refractivity contribution < 1.29 is 51.8 Å². The average Bonchev–Trinajstić information content (AvgIpc) is 1.67. The summed E-state index contributed by atoms with van der Waals surface area (Å²) < 4.78 is 77.4. The Bertz CT molecular complexity index is 9030. The maximum atomic E-state index is 6.95. The van der Waals surface area contributed by atoms with Gasteiger partial charge in [-0.1, -0.05) is 214 Å². The number of ether oxygens (including phenoxy) is 10. The Morgan fingerprint density at radius 1 is 0.252 bits per heavy atom. The van der Waals surface area contributed by atoms with Gasteiger partial charge in [-0.05, 0) is 209 Å². The van der Waals surface area contributed by atoms with Gasteiger partial charge in [0.25, 0.3) is 20.1 Å². The molecule has 0 amide bonds. The van der Waals surface area contributed by atoms with Gasteiger partial charge in [0.2, 0.25) is 5.71 Å². The van der Waals surface area contributed by atoms with Crippen LogP contribution in [0.3, 0.4) is 0 Å². The Labute approximate surface area is 796 Å². The molecule has 0 saturated heterocycles. The van der Waals surface area contributed by atoms with Gasteiger partial charge < -0.3 is 66.2 Å². The minimum Gasteiger partial charge on any atom is -0.469 e. The number of aromatic nitrogens is 2. The summed E-state index contributed by atoms with van der Waals surface area (Å²) in [6, 6.07) is 133. The van der Waals surface area contributed by atoms with Crippen molar-refractivity contribution in [3.05, 3.63) is 404 Å². The number of hydrogen-bond donors (Lipinski definition) is 0. The molecule has 18 heteroatoms. The number of anilines is 5. The van der Waals surface area contributed by atoms with Crippen molar-refractivity contribution in [2.45, 2.75) is 31.4 Å². The number of para-hydroxylation sites is 8. The molecule has 3 aromatic heterocycles. The lowest BCUT2D eigenvalue weighted by Gasteiger charge is -2.42. The van der Waals surface area contributed by atoms with E-state index in [0.717, 1.165) is 242 Å². The molecule has 0 radical (unpaired) electrons. The molecule has 0 N–H and O–H groups in total. The van der Waals surface area contributed by atoms with Crippen molar-refractivity contribution in [2.24, 2.45) is 0 Å². The van der Waals surface area contributed by atoms with E-state index < -0.39 is 0 Å². The molecule has 650 valence electrons. The number of benzene rings is 19. The highest BCUT2D eigenvalue weighted by molar-refractivity contribution is 7.01. The summed E-state index contributed by atoms with van der Waals surface area (Å²) >= 11 is 0. The largest absolute Gasteiger partial charge is 0.469 e. The number of nitrogens with zero attached hydrogens (tertiary/aromatic N) is 4. The van der Waals surface area contributed by atoms with Crippen LogP contribution in [-0.2, 0) is 5.41 Å². The summed E-state index contributed by atoms with van der Waals surface area (Å²) in [5.74, 6) is 15.7. The van der Waals surface area contributed by atoms with Crippen LogP contribution in [0.5, 0.6) is 109 Å². The zero-order chi connectivity index (χ0) is 90.6. The maximum Gasteiger partial charge on any atom is 0.270 e. The highest BCUT2D eigenvalue weighted by Crippen LogP contribution is 2.59. The van der Waals surface area contributed by atoms with Crippen LogP contribution in [0.2, 0.25) is 0 Å². The van der Waals surface area contributed by atoms with E-state index in [1.165, 1.54) is 55.4 Å². The molecule has 15 heterocycles. The third-order valence-corrected chi connectivity index (χ3v) is 30.6.